The summed E-state index contributed by atoms with van der Waals surface area (Å²) in [4.78, 5) is 4.52. The summed E-state index contributed by atoms with van der Waals surface area (Å²) in [5.41, 5.74) is 0.740. The van der Waals surface area contributed by atoms with Gasteiger partial charge >= 0.3 is 0 Å². The van der Waals surface area contributed by atoms with Crippen LogP contribution in [0.2, 0.25) is 10.0 Å². The summed E-state index contributed by atoms with van der Waals surface area (Å²) >= 11 is 17.5. The molecule has 0 amide bonds. The number of thioether (sulfide) groups is 1. The molecule has 3 rings (SSSR count). The second-order valence-electron chi connectivity index (χ2n) is 4.51. The Morgan fingerprint density at radius 2 is 1.94 bits per heavy atom. The molecule has 1 aliphatic heterocycles. The van der Waals surface area contributed by atoms with E-state index in [1.807, 2.05) is 23.9 Å². The molecule has 2 nitrogen and oxygen atoms in total. The van der Waals surface area contributed by atoms with E-state index in [9.17, 15) is 0 Å². The van der Waals surface area contributed by atoms with Crippen LogP contribution in [0.5, 0.6) is 0 Å². The van der Waals surface area contributed by atoms with E-state index in [0.29, 0.717) is 15.3 Å². The van der Waals surface area contributed by atoms with Gasteiger partial charge in [-0.05, 0) is 30.9 Å². The molecule has 2 aliphatic rings. The maximum absolute atomic E-state index is 6.18. The first kappa shape index (κ1) is 13.1. The predicted molar refractivity (Wildman–Crippen MR) is 84.2 cm³/mol. The Morgan fingerprint density at radius 3 is 2.56 bits per heavy atom. The summed E-state index contributed by atoms with van der Waals surface area (Å²) in [6.45, 7) is 0.906. The zero-order valence-corrected chi connectivity index (χ0v) is 13.3. The van der Waals surface area contributed by atoms with E-state index in [0.717, 1.165) is 27.8 Å². The van der Waals surface area contributed by atoms with Crippen molar-refractivity contribution in [2.45, 2.75) is 18.1 Å². The lowest BCUT2D eigenvalue weighted by Crippen LogP contribution is -2.09. The highest BCUT2D eigenvalue weighted by Crippen LogP contribution is 2.43. The van der Waals surface area contributed by atoms with Gasteiger partial charge in [0.1, 0.15) is 0 Å². The van der Waals surface area contributed by atoms with Gasteiger partial charge in [-0.3, -0.25) is 4.99 Å². The van der Waals surface area contributed by atoms with Crippen LogP contribution in [0, 0.1) is 5.92 Å². The molecule has 1 saturated carbocycles. The molecule has 1 aliphatic carbocycles. The molecule has 1 unspecified atom stereocenters. The van der Waals surface area contributed by atoms with Crippen LogP contribution < -0.4 is 5.32 Å². The number of anilines is 1. The minimum absolute atomic E-state index is 0.604. The van der Waals surface area contributed by atoms with E-state index in [1.165, 1.54) is 12.8 Å². The van der Waals surface area contributed by atoms with Gasteiger partial charge in [0.2, 0.25) is 0 Å². The van der Waals surface area contributed by atoms with Crippen molar-refractivity contribution < 1.29 is 0 Å². The fourth-order valence-electron chi connectivity index (χ4n) is 1.94. The quantitative estimate of drug-likeness (QED) is 0.792. The number of aliphatic imine (C=N–C) groups is 1. The first-order valence-corrected chi connectivity index (χ1v) is 8.19. The van der Waals surface area contributed by atoms with Gasteiger partial charge in [-0.15, -0.1) is 0 Å². The summed E-state index contributed by atoms with van der Waals surface area (Å²) < 4.78 is 0.875. The van der Waals surface area contributed by atoms with Crippen molar-refractivity contribution >= 4 is 61.7 Å². The molecule has 0 bridgehead atoms. The average Bonchev–Trinajstić information content (AvgIpc) is 3.04. The van der Waals surface area contributed by atoms with Crippen LogP contribution >= 0.6 is 50.9 Å². The fourth-order valence-corrected chi connectivity index (χ4v) is 4.46. The van der Waals surface area contributed by atoms with Gasteiger partial charge < -0.3 is 5.32 Å². The Bertz CT molecular complexity index is 494. The molecule has 1 fully saturated rings. The normalized spacial score (nSPS) is 23.1. The van der Waals surface area contributed by atoms with Crippen LogP contribution in [0.15, 0.2) is 21.6 Å². The van der Waals surface area contributed by atoms with E-state index >= 15 is 0 Å². The number of benzene rings is 1. The molecule has 96 valence electrons. The van der Waals surface area contributed by atoms with Gasteiger partial charge in [-0.1, -0.05) is 50.9 Å². The standard InChI is InChI=1S/C12H11BrCl2N2S/c13-7-3-8(14)11(9(15)4-7)17-12-16-5-10(18-12)6-1-2-6/h3-4,6,10H,1-2,5H2,(H,16,17). The maximum Gasteiger partial charge on any atom is 0.161 e. The SMILES string of the molecule is Clc1cc(Br)cc(Cl)c1NC1=NCC(C2CC2)S1. The van der Waals surface area contributed by atoms with Crippen molar-refractivity contribution in [3.63, 3.8) is 0 Å². The zero-order chi connectivity index (χ0) is 12.7. The lowest BCUT2D eigenvalue weighted by atomic mass is 10.3. The third kappa shape index (κ3) is 2.82. The highest BCUT2D eigenvalue weighted by Gasteiger charge is 2.35. The molecule has 1 aromatic carbocycles. The molecule has 18 heavy (non-hydrogen) atoms. The first-order valence-electron chi connectivity index (χ1n) is 5.76. The van der Waals surface area contributed by atoms with E-state index in [2.05, 4.69) is 26.2 Å². The predicted octanol–water partition coefficient (Wildman–Crippen LogP) is 5.05. The van der Waals surface area contributed by atoms with Gasteiger partial charge in [0, 0.05) is 9.72 Å². The zero-order valence-electron chi connectivity index (χ0n) is 9.42. The van der Waals surface area contributed by atoms with Gasteiger partial charge in [-0.2, -0.15) is 0 Å². The van der Waals surface area contributed by atoms with Crippen LogP contribution in [-0.2, 0) is 0 Å². The molecule has 6 heteroatoms. The van der Waals surface area contributed by atoms with E-state index in [4.69, 9.17) is 23.2 Å². The van der Waals surface area contributed by atoms with Crippen LogP contribution in [0.4, 0.5) is 5.69 Å². The molecule has 1 heterocycles. The number of nitrogens with zero attached hydrogens (tertiary/aromatic N) is 1. The molecular formula is C12H11BrCl2N2S. The Hall–Kier alpha value is 0.1000. The van der Waals surface area contributed by atoms with E-state index < -0.39 is 0 Å². The minimum atomic E-state index is 0.604. The molecule has 0 spiro atoms. The van der Waals surface area contributed by atoms with Crippen LogP contribution in [0.1, 0.15) is 12.8 Å². The highest BCUT2D eigenvalue weighted by atomic mass is 79.9. The number of halogens is 3. The van der Waals surface area contributed by atoms with Crippen molar-refractivity contribution in [3.05, 3.63) is 26.7 Å². The minimum Gasteiger partial charge on any atom is -0.333 e. The Balaban J connectivity index is 1.73. The fraction of sp³-hybridized carbons (Fsp3) is 0.417. The number of nitrogens with one attached hydrogen (secondary N) is 1. The molecule has 1 N–H and O–H groups in total. The lowest BCUT2D eigenvalue weighted by molar-refractivity contribution is 0.773. The Kier molecular flexibility index (Phi) is 3.81. The monoisotopic (exact) mass is 364 g/mol. The second kappa shape index (κ2) is 5.23. The van der Waals surface area contributed by atoms with Crippen molar-refractivity contribution in [3.8, 4) is 0 Å². The van der Waals surface area contributed by atoms with Gasteiger partial charge in [0.15, 0.2) is 5.17 Å². The third-order valence-electron chi connectivity index (χ3n) is 3.06. The van der Waals surface area contributed by atoms with Crippen LogP contribution in [0.3, 0.4) is 0 Å². The Labute approximate surface area is 129 Å². The largest absolute Gasteiger partial charge is 0.333 e. The molecule has 1 aromatic rings. The van der Waals surface area contributed by atoms with Gasteiger partial charge in [0.05, 0.1) is 22.3 Å². The summed E-state index contributed by atoms with van der Waals surface area (Å²) in [6.07, 6.45) is 2.69. The first-order chi connectivity index (χ1) is 8.63. The average molecular weight is 366 g/mol. The lowest BCUT2D eigenvalue weighted by Gasteiger charge is -2.11. The maximum atomic E-state index is 6.18. The number of hydrogen-bond acceptors (Lipinski definition) is 3. The van der Waals surface area contributed by atoms with E-state index in [1.54, 1.807) is 0 Å². The van der Waals surface area contributed by atoms with Crippen LogP contribution in [-0.4, -0.2) is 17.0 Å². The molecule has 0 saturated heterocycles. The summed E-state index contributed by atoms with van der Waals surface area (Å²) in [5, 5.41) is 6.02. The molecular weight excluding hydrogens is 355 g/mol. The topological polar surface area (TPSA) is 24.4 Å². The van der Waals surface area contributed by atoms with Crippen molar-refractivity contribution in [2.75, 3.05) is 11.9 Å². The molecule has 0 radical (unpaired) electrons. The van der Waals surface area contributed by atoms with E-state index in [-0.39, 0.29) is 0 Å². The third-order valence-corrected chi connectivity index (χ3v) is 5.41. The van der Waals surface area contributed by atoms with Gasteiger partial charge in [-0.25, -0.2) is 0 Å². The summed E-state index contributed by atoms with van der Waals surface area (Å²) in [5.74, 6) is 0.855. The Morgan fingerprint density at radius 1 is 1.28 bits per heavy atom. The number of rotatable bonds is 2. The smallest absolute Gasteiger partial charge is 0.161 e. The number of hydrogen-bond donors (Lipinski definition) is 1. The number of amidine groups is 1. The van der Waals surface area contributed by atoms with Crippen molar-refractivity contribution in [1.29, 1.82) is 0 Å². The molecule has 0 aromatic heterocycles. The van der Waals surface area contributed by atoms with Crippen molar-refractivity contribution in [1.82, 2.24) is 0 Å². The van der Waals surface area contributed by atoms with Gasteiger partial charge in [0.25, 0.3) is 0 Å². The second-order valence-corrected chi connectivity index (χ2v) is 7.47. The molecule has 1 atom stereocenters. The summed E-state index contributed by atoms with van der Waals surface area (Å²) in [6, 6.07) is 3.66. The van der Waals surface area contributed by atoms with Crippen LogP contribution in [0.25, 0.3) is 0 Å². The summed E-state index contributed by atoms with van der Waals surface area (Å²) in [7, 11) is 0. The highest BCUT2D eigenvalue weighted by molar-refractivity contribution is 9.10. The van der Waals surface area contributed by atoms with Crippen molar-refractivity contribution in [2.24, 2.45) is 10.9 Å².